The van der Waals surface area contributed by atoms with E-state index in [1.54, 1.807) is 24.3 Å². The number of hydrogen-bond donors (Lipinski definition) is 0. The van der Waals surface area contributed by atoms with Crippen LogP contribution in [0.25, 0.3) is 11.1 Å². The van der Waals surface area contributed by atoms with Crippen molar-refractivity contribution in [2.75, 3.05) is 13.2 Å². The van der Waals surface area contributed by atoms with Crippen LogP contribution in [0.1, 0.15) is 108 Å². The van der Waals surface area contributed by atoms with E-state index < -0.39 is 29.2 Å². The Labute approximate surface area is 254 Å². The zero-order valence-electron chi connectivity index (χ0n) is 25.6. The first-order valence-corrected chi connectivity index (χ1v) is 15.8. The number of carbonyl (C=O) groups is 1. The summed E-state index contributed by atoms with van der Waals surface area (Å²) in [4.78, 5) is 12.6. The Hall–Kier alpha value is -3.48. The molecular weight excluding hydrogens is 553 g/mol. The van der Waals surface area contributed by atoms with Crippen molar-refractivity contribution in [2.45, 2.75) is 97.3 Å². The number of ether oxygens (including phenoxy) is 3. The molecule has 3 aromatic carbocycles. The molecule has 0 N–H and O–H groups in total. The normalized spacial score (nSPS) is 11.0. The van der Waals surface area contributed by atoms with Gasteiger partial charge in [0.2, 0.25) is 11.6 Å². The largest absolute Gasteiger partial charge is 0.491 e. The SMILES string of the molecule is CCCCCCCCCOc1ccc(OC(=O)c2ccc(-c3ccc(OCCCCCCCC)c(F)c3)cc2)c(F)c1F. The van der Waals surface area contributed by atoms with Gasteiger partial charge < -0.3 is 14.2 Å². The van der Waals surface area contributed by atoms with Crippen LogP contribution in [0.2, 0.25) is 0 Å². The van der Waals surface area contributed by atoms with Crippen LogP contribution in [-0.4, -0.2) is 19.2 Å². The second-order valence-corrected chi connectivity index (χ2v) is 10.9. The third kappa shape index (κ3) is 11.3. The predicted octanol–water partition coefficient (Wildman–Crippen LogP) is 10.9. The van der Waals surface area contributed by atoms with Gasteiger partial charge in [-0.15, -0.1) is 0 Å². The second-order valence-electron chi connectivity index (χ2n) is 10.9. The van der Waals surface area contributed by atoms with Crippen molar-refractivity contribution in [3.05, 3.63) is 77.6 Å². The van der Waals surface area contributed by atoms with Crippen LogP contribution in [0.3, 0.4) is 0 Å². The van der Waals surface area contributed by atoms with Crippen LogP contribution >= 0.6 is 0 Å². The molecule has 0 amide bonds. The van der Waals surface area contributed by atoms with Gasteiger partial charge in [-0.05, 0) is 60.4 Å². The van der Waals surface area contributed by atoms with Gasteiger partial charge >= 0.3 is 5.97 Å². The molecule has 0 aliphatic heterocycles. The van der Waals surface area contributed by atoms with E-state index in [0.29, 0.717) is 17.7 Å². The first kappa shape index (κ1) is 34.0. The molecule has 0 spiro atoms. The molecule has 0 aliphatic rings. The summed E-state index contributed by atoms with van der Waals surface area (Å²) in [6.07, 6.45) is 14.4. The Kier molecular flexibility index (Phi) is 15.0. The lowest BCUT2D eigenvalue weighted by molar-refractivity contribution is 0.0726. The van der Waals surface area contributed by atoms with Gasteiger partial charge in [-0.3, -0.25) is 0 Å². The lowest BCUT2D eigenvalue weighted by Gasteiger charge is -2.11. The highest BCUT2D eigenvalue weighted by molar-refractivity contribution is 5.91. The number of benzene rings is 3. The maximum Gasteiger partial charge on any atom is 0.343 e. The molecule has 0 fully saturated rings. The molecule has 234 valence electrons. The van der Waals surface area contributed by atoms with E-state index in [2.05, 4.69) is 13.8 Å². The zero-order valence-corrected chi connectivity index (χ0v) is 25.6. The number of halogens is 3. The average Bonchev–Trinajstić information content (AvgIpc) is 3.02. The third-order valence-electron chi connectivity index (χ3n) is 7.36. The minimum atomic E-state index is -1.28. The fourth-order valence-electron chi connectivity index (χ4n) is 4.77. The average molecular weight is 599 g/mol. The quantitative estimate of drug-likeness (QED) is 0.0737. The standard InChI is InChI=1S/C36H45F3O4/c1-3-5-7-9-11-13-15-25-42-32-22-23-33(35(39)34(32)38)43-36(40)28-18-16-27(17-19-28)29-20-21-31(30(37)26-29)41-24-14-12-10-8-6-4-2/h16-23,26H,3-15,24-25H2,1-2H3. The van der Waals surface area contributed by atoms with E-state index in [1.807, 2.05) is 0 Å². The fourth-order valence-corrected chi connectivity index (χ4v) is 4.77. The number of esters is 1. The van der Waals surface area contributed by atoms with Crippen molar-refractivity contribution >= 4 is 5.97 Å². The van der Waals surface area contributed by atoms with Gasteiger partial charge in [0.25, 0.3) is 0 Å². The Balaban J connectivity index is 1.49. The van der Waals surface area contributed by atoms with Crippen LogP contribution in [0.5, 0.6) is 17.2 Å². The number of rotatable bonds is 20. The minimum absolute atomic E-state index is 0.141. The molecule has 0 unspecified atom stereocenters. The van der Waals surface area contributed by atoms with Gasteiger partial charge in [-0.2, -0.15) is 8.78 Å². The number of unbranched alkanes of at least 4 members (excludes halogenated alkanes) is 11. The van der Waals surface area contributed by atoms with Crippen LogP contribution in [0.4, 0.5) is 13.2 Å². The van der Waals surface area contributed by atoms with Gasteiger partial charge in [-0.25, -0.2) is 9.18 Å². The van der Waals surface area contributed by atoms with Gasteiger partial charge in [0.15, 0.2) is 23.1 Å². The van der Waals surface area contributed by atoms with Crippen LogP contribution in [0, 0.1) is 17.5 Å². The minimum Gasteiger partial charge on any atom is -0.491 e. The van der Waals surface area contributed by atoms with Crippen molar-refractivity contribution in [2.24, 2.45) is 0 Å². The van der Waals surface area contributed by atoms with Gasteiger partial charge in [0.05, 0.1) is 18.8 Å². The first-order valence-electron chi connectivity index (χ1n) is 15.8. The summed E-state index contributed by atoms with van der Waals surface area (Å²) in [7, 11) is 0. The predicted molar refractivity (Wildman–Crippen MR) is 166 cm³/mol. The zero-order chi connectivity index (χ0) is 30.9. The molecule has 0 radical (unpaired) electrons. The van der Waals surface area contributed by atoms with E-state index in [-0.39, 0.29) is 23.7 Å². The topological polar surface area (TPSA) is 44.8 Å². The molecular formula is C36H45F3O4. The Morgan fingerprint density at radius 3 is 1.60 bits per heavy atom. The summed E-state index contributed by atoms with van der Waals surface area (Å²) in [5.41, 5.74) is 1.43. The van der Waals surface area contributed by atoms with Crippen LogP contribution < -0.4 is 14.2 Å². The van der Waals surface area contributed by atoms with E-state index in [9.17, 15) is 18.0 Å². The molecule has 7 heteroatoms. The van der Waals surface area contributed by atoms with Gasteiger partial charge in [0.1, 0.15) is 0 Å². The molecule has 43 heavy (non-hydrogen) atoms. The Morgan fingerprint density at radius 1 is 0.558 bits per heavy atom. The van der Waals surface area contributed by atoms with E-state index in [4.69, 9.17) is 14.2 Å². The molecule has 0 aromatic heterocycles. The van der Waals surface area contributed by atoms with Crippen molar-refractivity contribution in [3.8, 4) is 28.4 Å². The summed E-state index contributed by atoms with van der Waals surface area (Å²) in [5.74, 6) is -4.29. The highest BCUT2D eigenvalue weighted by Gasteiger charge is 2.19. The maximum atomic E-state index is 14.6. The molecule has 0 saturated carbocycles. The smallest absolute Gasteiger partial charge is 0.343 e. The summed E-state index contributed by atoms with van der Waals surface area (Å²) in [6.45, 7) is 5.11. The molecule has 0 atom stereocenters. The van der Waals surface area contributed by atoms with Gasteiger partial charge in [0, 0.05) is 0 Å². The second kappa shape index (κ2) is 18.9. The third-order valence-corrected chi connectivity index (χ3v) is 7.36. The summed E-state index contributed by atoms with van der Waals surface area (Å²) in [5, 5.41) is 0. The number of hydrogen-bond acceptors (Lipinski definition) is 4. The lowest BCUT2D eigenvalue weighted by atomic mass is 10.0. The van der Waals surface area contributed by atoms with E-state index in [0.717, 1.165) is 38.5 Å². The molecule has 0 saturated heterocycles. The van der Waals surface area contributed by atoms with Crippen molar-refractivity contribution in [1.29, 1.82) is 0 Å². The summed E-state index contributed by atoms with van der Waals surface area (Å²) >= 11 is 0. The molecule has 3 rings (SSSR count). The molecule has 4 nitrogen and oxygen atoms in total. The van der Waals surface area contributed by atoms with Gasteiger partial charge in [-0.1, -0.05) is 103 Å². The Morgan fingerprint density at radius 2 is 1.02 bits per heavy atom. The van der Waals surface area contributed by atoms with Crippen molar-refractivity contribution < 1.29 is 32.2 Å². The maximum absolute atomic E-state index is 14.6. The summed E-state index contributed by atoms with van der Waals surface area (Å²) in [6, 6.07) is 13.5. The molecule has 0 heterocycles. The van der Waals surface area contributed by atoms with Crippen LogP contribution in [-0.2, 0) is 0 Å². The molecule has 0 aliphatic carbocycles. The highest BCUT2D eigenvalue weighted by atomic mass is 19.2. The van der Waals surface area contributed by atoms with E-state index in [1.165, 1.54) is 75.3 Å². The van der Waals surface area contributed by atoms with E-state index >= 15 is 0 Å². The lowest BCUT2D eigenvalue weighted by Crippen LogP contribution is -2.10. The molecule has 3 aromatic rings. The van der Waals surface area contributed by atoms with Crippen molar-refractivity contribution in [3.63, 3.8) is 0 Å². The monoisotopic (exact) mass is 598 g/mol. The number of carbonyl (C=O) groups excluding carboxylic acids is 1. The van der Waals surface area contributed by atoms with Crippen LogP contribution in [0.15, 0.2) is 54.6 Å². The highest BCUT2D eigenvalue weighted by Crippen LogP contribution is 2.30. The Bertz CT molecular complexity index is 1260. The fraction of sp³-hybridized carbons (Fsp3) is 0.472. The van der Waals surface area contributed by atoms with Crippen molar-refractivity contribution in [1.82, 2.24) is 0 Å². The molecule has 0 bridgehead atoms. The first-order chi connectivity index (χ1) is 20.9. The summed E-state index contributed by atoms with van der Waals surface area (Å²) < 4.78 is 60.0.